The summed E-state index contributed by atoms with van der Waals surface area (Å²) >= 11 is 1.10. The standard InChI is InChI=1S/C7BrF11O/c8-1(20)2(9)3(10,11)5(14,15)7(18,19)6(16,17)4(2,12)13. The molecule has 1 rings (SSSR count). The van der Waals surface area contributed by atoms with Crippen molar-refractivity contribution in [1.82, 2.24) is 0 Å². The average Bonchev–Trinajstić information content (AvgIpc) is 2.24. The van der Waals surface area contributed by atoms with Crippen LogP contribution in [0.5, 0.6) is 0 Å². The van der Waals surface area contributed by atoms with Crippen LogP contribution in [0.3, 0.4) is 0 Å². The summed E-state index contributed by atoms with van der Waals surface area (Å²) in [6.07, 6.45) is 0. The summed E-state index contributed by atoms with van der Waals surface area (Å²) in [4.78, 5) is 10.4. The first-order valence-corrected chi connectivity index (χ1v) is 5.01. The topological polar surface area (TPSA) is 17.1 Å². The quantitative estimate of drug-likeness (QED) is 0.493. The largest absolute Gasteiger partial charge is 0.384 e. The van der Waals surface area contributed by atoms with Gasteiger partial charge in [0.2, 0.25) is 4.69 Å². The van der Waals surface area contributed by atoms with Crippen LogP contribution in [0.15, 0.2) is 0 Å². The van der Waals surface area contributed by atoms with Crippen LogP contribution in [0, 0.1) is 0 Å². The van der Waals surface area contributed by atoms with Crippen molar-refractivity contribution in [2.75, 3.05) is 0 Å². The van der Waals surface area contributed by atoms with Crippen molar-refractivity contribution in [3.63, 3.8) is 0 Å². The molecule has 0 radical (unpaired) electrons. The fourth-order valence-electron chi connectivity index (χ4n) is 1.47. The minimum Gasteiger partial charge on any atom is -0.282 e. The first-order valence-electron chi connectivity index (χ1n) is 4.22. The molecule has 1 saturated carbocycles. The number of hydrogen-bond donors (Lipinski definition) is 0. The summed E-state index contributed by atoms with van der Waals surface area (Å²) in [5.41, 5.74) is -6.57. The molecule has 0 atom stereocenters. The van der Waals surface area contributed by atoms with Crippen LogP contribution in [0.2, 0.25) is 0 Å². The molecule has 0 unspecified atom stereocenters. The third-order valence-corrected chi connectivity index (χ3v) is 3.26. The number of alkyl halides is 11. The fraction of sp³-hybridized carbons (Fsp3) is 0.857. The van der Waals surface area contributed by atoms with Gasteiger partial charge in [-0.1, -0.05) is 0 Å². The molecule has 1 fully saturated rings. The Morgan fingerprint density at radius 1 is 0.550 bits per heavy atom. The van der Waals surface area contributed by atoms with Gasteiger partial charge in [-0.05, 0) is 15.9 Å². The minimum absolute atomic E-state index is 1.10. The molecule has 13 heteroatoms. The zero-order chi connectivity index (χ0) is 16.6. The van der Waals surface area contributed by atoms with Crippen LogP contribution in [0.1, 0.15) is 0 Å². The molecule has 0 spiro atoms. The summed E-state index contributed by atoms with van der Waals surface area (Å²) in [7, 11) is 0. The van der Waals surface area contributed by atoms with Crippen molar-refractivity contribution >= 4 is 20.6 Å². The second-order valence-corrected chi connectivity index (χ2v) is 4.52. The highest BCUT2D eigenvalue weighted by molar-refractivity contribution is 9.18. The van der Waals surface area contributed by atoms with Gasteiger partial charge in [0.1, 0.15) is 0 Å². The molecule has 0 aromatic carbocycles. The van der Waals surface area contributed by atoms with E-state index in [2.05, 4.69) is 0 Å². The van der Waals surface area contributed by atoms with Crippen LogP contribution in [0.4, 0.5) is 48.3 Å². The van der Waals surface area contributed by atoms with E-state index in [1.54, 1.807) is 0 Å². The maximum absolute atomic E-state index is 13.4. The van der Waals surface area contributed by atoms with E-state index >= 15 is 0 Å². The van der Waals surface area contributed by atoms with Crippen LogP contribution in [-0.2, 0) is 4.79 Å². The molecule has 0 saturated heterocycles. The molecule has 1 aliphatic carbocycles. The summed E-state index contributed by atoms with van der Waals surface area (Å²) in [6, 6.07) is 0. The summed E-state index contributed by atoms with van der Waals surface area (Å²) in [5, 5.41) is 0. The van der Waals surface area contributed by atoms with E-state index in [1.807, 2.05) is 0 Å². The van der Waals surface area contributed by atoms with E-state index in [0.29, 0.717) is 0 Å². The predicted molar refractivity (Wildman–Crippen MR) is 42.5 cm³/mol. The highest BCUT2D eigenvalue weighted by atomic mass is 79.9. The first-order chi connectivity index (χ1) is 8.44. The zero-order valence-corrected chi connectivity index (χ0v) is 10.0. The van der Waals surface area contributed by atoms with E-state index in [1.165, 1.54) is 0 Å². The predicted octanol–water partition coefficient (Wildman–Crippen LogP) is 3.81. The van der Waals surface area contributed by atoms with Gasteiger partial charge in [-0.2, -0.15) is 43.9 Å². The fourth-order valence-corrected chi connectivity index (χ4v) is 1.97. The van der Waals surface area contributed by atoms with E-state index < -0.39 is 40.0 Å². The van der Waals surface area contributed by atoms with Gasteiger partial charge in [-0.3, -0.25) is 4.79 Å². The Morgan fingerprint density at radius 2 is 0.750 bits per heavy atom. The monoisotopic (exact) mass is 388 g/mol. The van der Waals surface area contributed by atoms with Crippen molar-refractivity contribution < 1.29 is 53.1 Å². The third-order valence-electron chi connectivity index (χ3n) is 2.71. The van der Waals surface area contributed by atoms with E-state index in [9.17, 15) is 53.1 Å². The molecular formula is C7BrF11O. The van der Waals surface area contributed by atoms with Crippen molar-refractivity contribution in [1.29, 1.82) is 0 Å². The second-order valence-electron chi connectivity index (χ2n) is 3.80. The Balaban J connectivity index is 3.88. The first kappa shape index (κ1) is 17.4. The Morgan fingerprint density at radius 3 is 0.950 bits per heavy atom. The lowest BCUT2D eigenvalue weighted by atomic mass is 9.73. The second kappa shape index (κ2) is 3.77. The van der Waals surface area contributed by atoms with E-state index in [0.717, 1.165) is 15.9 Å². The van der Waals surface area contributed by atoms with Crippen LogP contribution >= 0.6 is 15.9 Å². The SMILES string of the molecule is O=C(Br)C1(F)C(F)(F)C(F)(F)C(F)(F)C(F)(F)C1(F)F. The van der Waals surface area contributed by atoms with Gasteiger partial charge in [0.25, 0.3) is 0 Å². The normalized spacial score (nSPS) is 31.6. The van der Waals surface area contributed by atoms with Crippen LogP contribution < -0.4 is 0 Å². The highest BCUT2D eigenvalue weighted by Crippen LogP contribution is 2.69. The smallest absolute Gasteiger partial charge is 0.282 e. The molecule has 0 N–H and O–H groups in total. The Kier molecular flexibility index (Phi) is 3.29. The molecule has 0 heterocycles. The minimum atomic E-state index is -7.30. The average molecular weight is 389 g/mol. The van der Waals surface area contributed by atoms with Gasteiger partial charge in [-0.25, -0.2) is 4.39 Å². The number of halogens is 12. The molecule has 1 nitrogen and oxygen atoms in total. The number of carbonyl (C=O) groups is 1. The molecular weight excluding hydrogens is 389 g/mol. The lowest BCUT2D eigenvalue weighted by Crippen LogP contribution is -2.85. The van der Waals surface area contributed by atoms with Crippen molar-refractivity contribution in [2.45, 2.75) is 35.3 Å². The Hall–Kier alpha value is -0.620. The van der Waals surface area contributed by atoms with Gasteiger partial charge in [0.15, 0.2) is 0 Å². The van der Waals surface area contributed by atoms with E-state index in [4.69, 9.17) is 0 Å². The van der Waals surface area contributed by atoms with Gasteiger partial charge < -0.3 is 0 Å². The molecule has 0 aromatic heterocycles. The molecule has 0 aromatic rings. The summed E-state index contributed by atoms with van der Waals surface area (Å²) < 4.78 is 138. The Labute approximate surface area is 110 Å². The van der Waals surface area contributed by atoms with Gasteiger partial charge in [0.05, 0.1) is 0 Å². The van der Waals surface area contributed by atoms with Crippen molar-refractivity contribution in [3.05, 3.63) is 0 Å². The molecule has 0 bridgehead atoms. The summed E-state index contributed by atoms with van der Waals surface area (Å²) in [6.45, 7) is 0. The lowest BCUT2D eigenvalue weighted by molar-refractivity contribution is -0.475. The maximum Gasteiger partial charge on any atom is 0.384 e. The van der Waals surface area contributed by atoms with Gasteiger partial charge in [-0.15, -0.1) is 0 Å². The van der Waals surface area contributed by atoms with Crippen LogP contribution in [-0.4, -0.2) is 40.0 Å². The van der Waals surface area contributed by atoms with Crippen molar-refractivity contribution in [3.8, 4) is 0 Å². The lowest BCUT2D eigenvalue weighted by Gasteiger charge is -2.51. The highest BCUT2D eigenvalue weighted by Gasteiger charge is 3.02. The van der Waals surface area contributed by atoms with Crippen LogP contribution in [0.25, 0.3) is 0 Å². The zero-order valence-electron chi connectivity index (χ0n) is 8.44. The van der Waals surface area contributed by atoms with Gasteiger partial charge >= 0.3 is 35.3 Å². The third kappa shape index (κ3) is 1.32. The van der Waals surface area contributed by atoms with Crippen molar-refractivity contribution in [2.24, 2.45) is 0 Å². The number of carbonyl (C=O) groups excluding carboxylic acids is 1. The molecule has 118 valence electrons. The Bertz CT molecular complexity index is 426. The number of hydrogen-bond acceptors (Lipinski definition) is 1. The summed E-state index contributed by atoms with van der Waals surface area (Å²) in [5.74, 6) is -36.0. The molecule has 1 aliphatic rings. The molecule has 0 amide bonds. The maximum atomic E-state index is 13.4. The molecule has 20 heavy (non-hydrogen) atoms. The van der Waals surface area contributed by atoms with Gasteiger partial charge in [0, 0.05) is 0 Å². The number of rotatable bonds is 1. The van der Waals surface area contributed by atoms with E-state index in [-0.39, 0.29) is 0 Å². The molecule has 0 aliphatic heterocycles.